The molecule has 10 nitrogen and oxygen atoms in total. The van der Waals surface area contributed by atoms with Gasteiger partial charge in [0.25, 0.3) is 11.6 Å². The Bertz CT molecular complexity index is 1310. The van der Waals surface area contributed by atoms with Crippen molar-refractivity contribution in [1.82, 2.24) is 0 Å². The van der Waals surface area contributed by atoms with Crippen LogP contribution in [0.5, 0.6) is 11.5 Å². The van der Waals surface area contributed by atoms with Crippen molar-refractivity contribution in [2.24, 2.45) is 5.92 Å². The number of nitro groups is 1. The first-order valence-corrected chi connectivity index (χ1v) is 10.8. The third-order valence-electron chi connectivity index (χ3n) is 6.20. The molecule has 0 aromatic heterocycles. The van der Waals surface area contributed by atoms with Gasteiger partial charge in [-0.2, -0.15) is 0 Å². The van der Waals surface area contributed by atoms with Crippen LogP contribution in [-0.4, -0.2) is 37.1 Å². The van der Waals surface area contributed by atoms with Gasteiger partial charge in [0, 0.05) is 17.7 Å². The fraction of sp³-hybridized carbons (Fsp3) is 0.200. The van der Waals surface area contributed by atoms with E-state index in [1.807, 2.05) is 18.2 Å². The van der Waals surface area contributed by atoms with E-state index in [0.717, 1.165) is 4.90 Å². The largest absolute Gasteiger partial charge is 0.497 e. The third-order valence-corrected chi connectivity index (χ3v) is 6.20. The summed E-state index contributed by atoms with van der Waals surface area (Å²) in [6.45, 7) is 0. The molecule has 2 amide bonds. The molecule has 2 aliphatic heterocycles. The summed E-state index contributed by atoms with van der Waals surface area (Å²) in [4.78, 5) is 45.2. The van der Waals surface area contributed by atoms with Crippen LogP contribution in [0.2, 0.25) is 0 Å². The zero-order valence-corrected chi connectivity index (χ0v) is 18.9. The standard InChI is InChI=1S/C25H21N3O7/c1-33-16-12-13-17(20(14-16)34-2)22-21-23(35-27(22)15-8-4-3-5-9-15)25(30)26(24(21)29)18-10-6-7-11-19(18)28(31)32/h3-14,21-23H,1-2H3. The highest BCUT2D eigenvalue weighted by atomic mass is 16.7. The molecule has 0 aliphatic carbocycles. The molecule has 0 spiro atoms. The summed E-state index contributed by atoms with van der Waals surface area (Å²) < 4.78 is 10.9. The summed E-state index contributed by atoms with van der Waals surface area (Å²) in [6.07, 6.45) is -1.17. The maximum absolute atomic E-state index is 13.8. The number of nitro benzene ring substituents is 1. The number of amides is 2. The molecule has 3 aromatic rings. The van der Waals surface area contributed by atoms with Crippen molar-refractivity contribution < 1.29 is 28.8 Å². The Morgan fingerprint density at radius 1 is 0.914 bits per heavy atom. The number of methoxy groups -OCH3 is 2. The third kappa shape index (κ3) is 3.55. The smallest absolute Gasteiger partial charge is 0.293 e. The van der Waals surface area contributed by atoms with Gasteiger partial charge in [0.1, 0.15) is 23.1 Å². The number of hydroxylamine groups is 1. The predicted molar refractivity (Wildman–Crippen MR) is 125 cm³/mol. The second-order valence-corrected chi connectivity index (χ2v) is 8.02. The Hall–Kier alpha value is -4.44. The van der Waals surface area contributed by atoms with Crippen molar-refractivity contribution >= 4 is 28.9 Å². The van der Waals surface area contributed by atoms with Crippen LogP contribution in [-0.2, 0) is 14.4 Å². The monoisotopic (exact) mass is 475 g/mol. The number of hydrogen-bond acceptors (Lipinski definition) is 8. The van der Waals surface area contributed by atoms with Gasteiger partial charge < -0.3 is 9.47 Å². The summed E-state index contributed by atoms with van der Waals surface area (Å²) >= 11 is 0. The highest BCUT2D eigenvalue weighted by Crippen LogP contribution is 2.50. The van der Waals surface area contributed by atoms with E-state index in [4.69, 9.17) is 14.3 Å². The maximum Gasteiger partial charge on any atom is 0.293 e. The van der Waals surface area contributed by atoms with Gasteiger partial charge in [0.2, 0.25) is 5.91 Å². The zero-order valence-electron chi connectivity index (χ0n) is 18.9. The van der Waals surface area contributed by atoms with Crippen molar-refractivity contribution in [3.63, 3.8) is 0 Å². The van der Waals surface area contributed by atoms with E-state index >= 15 is 0 Å². The number of nitrogens with zero attached hydrogens (tertiary/aromatic N) is 3. The fourth-order valence-electron chi connectivity index (χ4n) is 4.64. The van der Waals surface area contributed by atoms with Crippen molar-refractivity contribution in [2.45, 2.75) is 12.1 Å². The summed E-state index contributed by atoms with van der Waals surface area (Å²) in [7, 11) is 3.03. The normalized spacial score (nSPS) is 21.3. The van der Waals surface area contributed by atoms with Crippen molar-refractivity contribution in [3.05, 3.63) is 88.5 Å². The van der Waals surface area contributed by atoms with Gasteiger partial charge in [0.05, 0.1) is 30.9 Å². The topological polar surface area (TPSA) is 111 Å². The number of rotatable bonds is 6. The summed E-state index contributed by atoms with van der Waals surface area (Å²) in [5.41, 5.74) is 0.822. The minimum Gasteiger partial charge on any atom is -0.497 e. The minimum absolute atomic E-state index is 0.0859. The van der Waals surface area contributed by atoms with Crippen LogP contribution in [0.25, 0.3) is 0 Å². The lowest BCUT2D eigenvalue weighted by atomic mass is 9.90. The molecule has 0 bridgehead atoms. The molecule has 2 heterocycles. The first kappa shape index (κ1) is 22.4. The molecule has 0 N–H and O–H groups in total. The van der Waals surface area contributed by atoms with Gasteiger partial charge in [-0.15, -0.1) is 0 Å². The van der Waals surface area contributed by atoms with E-state index in [2.05, 4.69) is 0 Å². The molecule has 2 saturated heterocycles. The van der Waals surface area contributed by atoms with Gasteiger partial charge >= 0.3 is 0 Å². The maximum atomic E-state index is 13.8. The number of fused-ring (bicyclic) bond motifs is 1. The first-order valence-electron chi connectivity index (χ1n) is 10.8. The number of imide groups is 1. The van der Waals surface area contributed by atoms with E-state index in [1.54, 1.807) is 30.3 Å². The Balaban J connectivity index is 1.64. The van der Waals surface area contributed by atoms with Gasteiger partial charge in [-0.05, 0) is 30.3 Å². The van der Waals surface area contributed by atoms with E-state index in [-0.39, 0.29) is 11.4 Å². The van der Waals surface area contributed by atoms with E-state index in [9.17, 15) is 19.7 Å². The Labute approximate surface area is 200 Å². The Kier molecular flexibility index (Phi) is 5.58. The van der Waals surface area contributed by atoms with Crippen molar-refractivity contribution in [1.29, 1.82) is 0 Å². The molecule has 3 unspecified atom stereocenters. The molecule has 2 fully saturated rings. The molecule has 0 radical (unpaired) electrons. The van der Waals surface area contributed by atoms with Crippen LogP contribution in [0.3, 0.4) is 0 Å². The van der Waals surface area contributed by atoms with Gasteiger partial charge in [-0.3, -0.25) is 24.5 Å². The molecule has 2 aliphatic rings. The molecular weight excluding hydrogens is 454 g/mol. The number of hydrogen-bond donors (Lipinski definition) is 0. The van der Waals surface area contributed by atoms with Crippen LogP contribution in [0, 0.1) is 16.0 Å². The van der Waals surface area contributed by atoms with Crippen LogP contribution in [0.15, 0.2) is 72.8 Å². The second-order valence-electron chi connectivity index (χ2n) is 8.02. The minimum atomic E-state index is -1.17. The molecule has 0 saturated carbocycles. The number of benzene rings is 3. The van der Waals surface area contributed by atoms with Crippen LogP contribution in [0.1, 0.15) is 11.6 Å². The molecular formula is C25H21N3O7. The van der Waals surface area contributed by atoms with E-state index in [0.29, 0.717) is 22.7 Å². The van der Waals surface area contributed by atoms with E-state index in [1.165, 1.54) is 43.5 Å². The molecule has 3 atom stereocenters. The number of ether oxygens (including phenoxy) is 2. The van der Waals surface area contributed by atoms with Crippen molar-refractivity contribution in [2.75, 3.05) is 24.2 Å². The Morgan fingerprint density at radius 3 is 2.31 bits per heavy atom. The lowest BCUT2D eigenvalue weighted by Gasteiger charge is -2.29. The number of anilines is 2. The fourth-order valence-corrected chi connectivity index (χ4v) is 4.64. The van der Waals surface area contributed by atoms with Crippen LogP contribution < -0.4 is 19.4 Å². The van der Waals surface area contributed by atoms with E-state index < -0.39 is 34.8 Å². The molecule has 10 heteroatoms. The Morgan fingerprint density at radius 2 is 1.63 bits per heavy atom. The molecule has 178 valence electrons. The number of carbonyl (C=O) groups excluding carboxylic acids is 2. The van der Waals surface area contributed by atoms with Gasteiger partial charge in [-0.1, -0.05) is 30.3 Å². The molecule has 35 heavy (non-hydrogen) atoms. The SMILES string of the molecule is COc1ccc(C2C3C(=O)N(c4ccccc4[N+](=O)[O-])C(=O)C3ON2c2ccccc2)c(OC)c1. The highest BCUT2D eigenvalue weighted by molar-refractivity contribution is 6.24. The average Bonchev–Trinajstić information content (AvgIpc) is 3.39. The van der Waals surface area contributed by atoms with Gasteiger partial charge in [0.15, 0.2) is 6.10 Å². The summed E-state index contributed by atoms with van der Waals surface area (Å²) in [5.74, 6) is -1.21. The van der Waals surface area contributed by atoms with Crippen LogP contribution >= 0.6 is 0 Å². The average molecular weight is 475 g/mol. The lowest BCUT2D eigenvalue weighted by Crippen LogP contribution is -2.37. The predicted octanol–water partition coefficient (Wildman–Crippen LogP) is 3.66. The molecule has 3 aromatic carbocycles. The highest BCUT2D eigenvalue weighted by Gasteiger charge is 2.61. The quantitative estimate of drug-likeness (QED) is 0.302. The second kappa shape index (κ2) is 8.73. The summed E-state index contributed by atoms with van der Waals surface area (Å²) in [6, 6.07) is 19.2. The summed E-state index contributed by atoms with van der Waals surface area (Å²) in [5, 5.41) is 13.1. The van der Waals surface area contributed by atoms with Crippen molar-refractivity contribution in [3.8, 4) is 11.5 Å². The lowest BCUT2D eigenvalue weighted by molar-refractivity contribution is -0.384. The molecule has 5 rings (SSSR count). The van der Waals surface area contributed by atoms with Crippen LogP contribution in [0.4, 0.5) is 17.1 Å². The zero-order chi connectivity index (χ0) is 24.7. The number of carbonyl (C=O) groups is 2. The first-order chi connectivity index (χ1) is 17.0. The van der Waals surface area contributed by atoms with Gasteiger partial charge in [-0.25, -0.2) is 9.96 Å². The number of para-hydroxylation sites is 3.